The molecule has 2 unspecified atom stereocenters. The molecule has 0 amide bonds. The minimum absolute atomic E-state index is 0.313. The van der Waals surface area contributed by atoms with Crippen LogP contribution in [-0.4, -0.2) is 66.9 Å². The van der Waals surface area contributed by atoms with E-state index in [2.05, 4.69) is 23.8 Å². The number of rotatable bonds is 6. The maximum Gasteiger partial charge on any atom is 0.119 e. The van der Waals surface area contributed by atoms with E-state index in [0.29, 0.717) is 25.7 Å². The summed E-state index contributed by atoms with van der Waals surface area (Å²) in [5.74, 6) is 0.767. The Labute approximate surface area is 127 Å². The van der Waals surface area contributed by atoms with Gasteiger partial charge in [-0.1, -0.05) is 12.1 Å². The number of benzene rings is 1. The molecule has 0 bridgehead atoms. The van der Waals surface area contributed by atoms with Gasteiger partial charge in [-0.05, 0) is 31.7 Å². The fourth-order valence-electron chi connectivity index (χ4n) is 2.73. The lowest BCUT2D eigenvalue weighted by Gasteiger charge is -2.39. The molecule has 1 aliphatic heterocycles. The summed E-state index contributed by atoms with van der Waals surface area (Å²) in [5, 5.41) is 10.2. The van der Waals surface area contributed by atoms with Crippen LogP contribution in [0.5, 0.6) is 5.75 Å². The zero-order valence-electron chi connectivity index (χ0n) is 13.0. The van der Waals surface area contributed by atoms with Gasteiger partial charge >= 0.3 is 0 Å². The van der Waals surface area contributed by atoms with Gasteiger partial charge in [0.1, 0.15) is 18.5 Å². The molecular weight excluding hydrogens is 266 g/mol. The third-order valence-electron chi connectivity index (χ3n) is 3.99. The van der Waals surface area contributed by atoms with Crippen molar-refractivity contribution >= 4 is 0 Å². The van der Waals surface area contributed by atoms with E-state index in [1.165, 1.54) is 0 Å². The molecule has 1 aromatic carbocycles. The van der Waals surface area contributed by atoms with Crippen LogP contribution in [0.1, 0.15) is 12.5 Å². The predicted molar refractivity (Wildman–Crippen MR) is 84.4 cm³/mol. The highest BCUT2D eigenvalue weighted by atomic mass is 16.5. The average molecular weight is 293 g/mol. The van der Waals surface area contributed by atoms with Gasteiger partial charge in [0.05, 0.1) is 0 Å². The molecule has 21 heavy (non-hydrogen) atoms. The molecule has 118 valence electrons. The van der Waals surface area contributed by atoms with Gasteiger partial charge in [-0.3, -0.25) is 4.90 Å². The molecule has 0 spiro atoms. The largest absolute Gasteiger partial charge is 0.491 e. The average Bonchev–Trinajstić information content (AvgIpc) is 2.48. The third-order valence-corrected chi connectivity index (χ3v) is 3.99. The molecule has 0 aromatic heterocycles. The minimum atomic E-state index is -0.475. The van der Waals surface area contributed by atoms with Crippen molar-refractivity contribution in [3.05, 3.63) is 29.8 Å². The normalized spacial score (nSPS) is 22.2. The lowest BCUT2D eigenvalue weighted by molar-refractivity contribution is 0.0273. The Balaban J connectivity index is 1.77. The van der Waals surface area contributed by atoms with Gasteiger partial charge in [-0.25, -0.2) is 0 Å². The number of piperazine rings is 1. The Morgan fingerprint density at radius 3 is 2.95 bits per heavy atom. The minimum Gasteiger partial charge on any atom is -0.491 e. The molecule has 1 aromatic rings. The Bertz CT molecular complexity index is 441. The van der Waals surface area contributed by atoms with Crippen molar-refractivity contribution in [2.24, 2.45) is 5.73 Å². The number of aliphatic hydroxyl groups excluding tert-OH is 1. The quantitative estimate of drug-likeness (QED) is 0.801. The molecule has 0 radical (unpaired) electrons. The molecule has 5 heteroatoms. The van der Waals surface area contributed by atoms with Crippen LogP contribution in [0.4, 0.5) is 0 Å². The van der Waals surface area contributed by atoms with Gasteiger partial charge in [0.15, 0.2) is 0 Å². The van der Waals surface area contributed by atoms with Crippen LogP contribution >= 0.6 is 0 Å². The number of hydrogen-bond acceptors (Lipinski definition) is 5. The van der Waals surface area contributed by atoms with E-state index in [1.807, 2.05) is 24.3 Å². The van der Waals surface area contributed by atoms with E-state index in [9.17, 15) is 5.11 Å². The van der Waals surface area contributed by atoms with Gasteiger partial charge in [-0.15, -0.1) is 0 Å². The molecule has 0 aliphatic carbocycles. The highest BCUT2D eigenvalue weighted by Gasteiger charge is 2.23. The zero-order valence-corrected chi connectivity index (χ0v) is 13.0. The standard InChI is InChI=1S/C16H27N3O2/c1-13-10-18(2)6-7-19(13)11-15(20)12-21-16-5-3-4-14(8-16)9-17/h3-5,8,13,15,20H,6-7,9-12,17H2,1-2H3. The lowest BCUT2D eigenvalue weighted by atomic mass is 10.2. The maximum absolute atomic E-state index is 10.2. The molecule has 1 saturated heterocycles. The van der Waals surface area contributed by atoms with Crippen LogP contribution in [0.3, 0.4) is 0 Å². The maximum atomic E-state index is 10.2. The summed E-state index contributed by atoms with van der Waals surface area (Å²) < 4.78 is 5.67. The zero-order chi connectivity index (χ0) is 15.2. The molecule has 1 aliphatic rings. The first kappa shape index (κ1) is 16.2. The monoisotopic (exact) mass is 293 g/mol. The van der Waals surface area contributed by atoms with Crippen LogP contribution in [0.15, 0.2) is 24.3 Å². The number of likely N-dealkylation sites (N-methyl/N-ethyl adjacent to an activating group) is 1. The summed E-state index contributed by atoms with van der Waals surface area (Å²) in [6.45, 7) is 6.77. The lowest BCUT2D eigenvalue weighted by Crippen LogP contribution is -2.53. The molecule has 3 N–H and O–H groups in total. The van der Waals surface area contributed by atoms with E-state index in [4.69, 9.17) is 10.5 Å². The summed E-state index contributed by atoms with van der Waals surface area (Å²) in [6.07, 6.45) is -0.475. The van der Waals surface area contributed by atoms with Gasteiger partial charge in [0, 0.05) is 38.8 Å². The summed E-state index contributed by atoms with van der Waals surface area (Å²) in [5.41, 5.74) is 6.65. The van der Waals surface area contributed by atoms with E-state index in [-0.39, 0.29) is 0 Å². The second-order valence-electron chi connectivity index (χ2n) is 5.92. The topological polar surface area (TPSA) is 62.0 Å². The molecule has 2 atom stereocenters. The second-order valence-corrected chi connectivity index (χ2v) is 5.92. The number of nitrogens with zero attached hydrogens (tertiary/aromatic N) is 2. The molecular formula is C16H27N3O2. The Hall–Kier alpha value is -1.14. The number of nitrogens with two attached hydrogens (primary N) is 1. The van der Waals surface area contributed by atoms with Crippen LogP contribution < -0.4 is 10.5 Å². The number of ether oxygens (including phenoxy) is 1. The number of hydrogen-bond donors (Lipinski definition) is 2. The van der Waals surface area contributed by atoms with Crippen LogP contribution in [0, 0.1) is 0 Å². The molecule has 1 fully saturated rings. The number of aliphatic hydroxyl groups is 1. The molecule has 0 saturated carbocycles. The summed E-state index contributed by atoms with van der Waals surface area (Å²) in [6, 6.07) is 8.18. The first-order valence-electron chi connectivity index (χ1n) is 7.61. The smallest absolute Gasteiger partial charge is 0.119 e. The van der Waals surface area contributed by atoms with Gasteiger partial charge in [0.25, 0.3) is 0 Å². The van der Waals surface area contributed by atoms with Crippen molar-refractivity contribution in [1.29, 1.82) is 0 Å². The number of β-amino-alcohol motifs (C(OH)–C–C–N with tert-alkyl or cyclic N) is 1. The summed E-state index contributed by atoms with van der Waals surface area (Å²) in [7, 11) is 2.14. The molecule has 2 rings (SSSR count). The molecule has 1 heterocycles. The Morgan fingerprint density at radius 1 is 1.43 bits per heavy atom. The van der Waals surface area contributed by atoms with Crippen LogP contribution in [-0.2, 0) is 6.54 Å². The fraction of sp³-hybridized carbons (Fsp3) is 0.625. The van der Waals surface area contributed by atoms with Crippen LogP contribution in [0.2, 0.25) is 0 Å². The summed E-state index contributed by atoms with van der Waals surface area (Å²) in [4.78, 5) is 4.65. The highest BCUT2D eigenvalue weighted by Crippen LogP contribution is 2.14. The van der Waals surface area contributed by atoms with E-state index in [0.717, 1.165) is 30.9 Å². The Morgan fingerprint density at radius 2 is 2.24 bits per heavy atom. The highest BCUT2D eigenvalue weighted by molar-refractivity contribution is 5.28. The van der Waals surface area contributed by atoms with Gasteiger partial charge in [-0.2, -0.15) is 0 Å². The van der Waals surface area contributed by atoms with Crippen molar-refractivity contribution in [3.8, 4) is 5.75 Å². The summed E-state index contributed by atoms with van der Waals surface area (Å²) >= 11 is 0. The Kier molecular flexibility index (Phi) is 5.99. The van der Waals surface area contributed by atoms with Crippen molar-refractivity contribution in [2.45, 2.75) is 25.6 Å². The first-order chi connectivity index (χ1) is 10.1. The third kappa shape index (κ3) is 4.97. The predicted octanol–water partition coefficient (Wildman–Crippen LogP) is 0.521. The SMILES string of the molecule is CC1CN(C)CCN1CC(O)COc1cccc(CN)c1. The first-order valence-corrected chi connectivity index (χ1v) is 7.61. The van der Waals surface area contributed by atoms with Crippen LogP contribution in [0.25, 0.3) is 0 Å². The second kappa shape index (κ2) is 7.75. The van der Waals surface area contributed by atoms with Crippen molar-refractivity contribution in [3.63, 3.8) is 0 Å². The van der Waals surface area contributed by atoms with E-state index in [1.54, 1.807) is 0 Å². The fourth-order valence-corrected chi connectivity index (χ4v) is 2.73. The van der Waals surface area contributed by atoms with Gasteiger partial charge < -0.3 is 20.5 Å². The van der Waals surface area contributed by atoms with E-state index >= 15 is 0 Å². The van der Waals surface area contributed by atoms with Crippen molar-refractivity contribution in [2.75, 3.05) is 39.8 Å². The molecule has 5 nitrogen and oxygen atoms in total. The van der Waals surface area contributed by atoms with E-state index < -0.39 is 6.10 Å². The van der Waals surface area contributed by atoms with Crippen molar-refractivity contribution in [1.82, 2.24) is 9.80 Å². The van der Waals surface area contributed by atoms with Crippen molar-refractivity contribution < 1.29 is 9.84 Å². The van der Waals surface area contributed by atoms with Gasteiger partial charge in [0.2, 0.25) is 0 Å².